The number of nitrogens with zero attached hydrogens (tertiary/aromatic N) is 2. The fourth-order valence-electron chi connectivity index (χ4n) is 2.41. The Bertz CT molecular complexity index is 844. The minimum absolute atomic E-state index is 0.0163. The van der Waals surface area contributed by atoms with Gasteiger partial charge in [-0.3, -0.25) is 4.79 Å². The van der Waals surface area contributed by atoms with Crippen molar-refractivity contribution in [2.45, 2.75) is 26.0 Å². The Morgan fingerprint density at radius 3 is 2.50 bits per heavy atom. The van der Waals surface area contributed by atoms with Crippen molar-refractivity contribution in [3.63, 3.8) is 0 Å². The minimum Gasteiger partial charge on any atom is -0.484 e. The van der Waals surface area contributed by atoms with Crippen LogP contribution in [0.4, 0.5) is 0 Å². The molecule has 0 aliphatic heterocycles. The second-order valence-electron chi connectivity index (χ2n) is 6.01. The number of hydrogen-bond acceptors (Lipinski definition) is 6. The van der Waals surface area contributed by atoms with Crippen molar-refractivity contribution in [3.8, 4) is 5.75 Å². The third-order valence-corrected chi connectivity index (χ3v) is 4.01. The predicted octanol–water partition coefficient (Wildman–Crippen LogP) is 3.03. The first-order valence-electron chi connectivity index (χ1n) is 8.47. The van der Waals surface area contributed by atoms with Crippen LogP contribution >= 0.6 is 0 Å². The molecule has 0 fully saturated rings. The van der Waals surface area contributed by atoms with Crippen LogP contribution in [-0.2, 0) is 13.0 Å². The van der Waals surface area contributed by atoms with Crippen LogP contribution in [0.2, 0.25) is 0 Å². The Labute approximate surface area is 152 Å². The molecule has 0 saturated carbocycles. The fraction of sp³-hybridized carbons (Fsp3) is 0.250. The smallest absolute Gasteiger partial charge is 0.264 e. The fourth-order valence-corrected chi connectivity index (χ4v) is 2.41. The van der Waals surface area contributed by atoms with Gasteiger partial charge >= 0.3 is 0 Å². The molecule has 134 valence electrons. The quantitative estimate of drug-likeness (QED) is 0.629. The summed E-state index contributed by atoms with van der Waals surface area (Å²) in [5, 5.41) is 7.06. The van der Waals surface area contributed by atoms with Crippen molar-refractivity contribution in [3.05, 3.63) is 77.4 Å². The van der Waals surface area contributed by atoms with E-state index in [9.17, 15) is 4.79 Å². The van der Waals surface area contributed by atoms with E-state index in [1.807, 2.05) is 32.2 Å². The highest BCUT2D eigenvalue weighted by Crippen LogP contribution is 2.16. The molecule has 1 atom stereocenters. The number of benzene rings is 2. The second kappa shape index (κ2) is 8.40. The molecule has 0 radical (unpaired) electrons. The SMILES string of the molecule is CNC(C)Cc1noc(COc2ccc(C(=O)c3ccccc3)cc2)n1. The van der Waals surface area contributed by atoms with Gasteiger partial charge in [0.1, 0.15) is 5.75 Å². The lowest BCUT2D eigenvalue weighted by Crippen LogP contribution is -2.24. The molecule has 0 amide bonds. The van der Waals surface area contributed by atoms with Gasteiger partial charge in [0, 0.05) is 23.6 Å². The maximum Gasteiger partial charge on any atom is 0.264 e. The maximum absolute atomic E-state index is 12.4. The van der Waals surface area contributed by atoms with Gasteiger partial charge < -0.3 is 14.6 Å². The van der Waals surface area contributed by atoms with Crippen LogP contribution in [0.25, 0.3) is 0 Å². The summed E-state index contributed by atoms with van der Waals surface area (Å²) in [6.45, 7) is 2.23. The molecule has 0 spiro atoms. The topological polar surface area (TPSA) is 77.3 Å². The molecule has 0 saturated heterocycles. The standard InChI is InChI=1S/C20H21N3O3/c1-14(21-2)12-18-22-19(26-23-18)13-25-17-10-8-16(9-11-17)20(24)15-6-4-3-5-7-15/h3-11,14,21H,12-13H2,1-2H3. The van der Waals surface area contributed by atoms with Crippen LogP contribution in [-0.4, -0.2) is 29.0 Å². The van der Waals surface area contributed by atoms with E-state index in [1.165, 1.54) is 0 Å². The second-order valence-corrected chi connectivity index (χ2v) is 6.01. The average Bonchev–Trinajstić information content (AvgIpc) is 3.14. The van der Waals surface area contributed by atoms with Gasteiger partial charge in [-0.15, -0.1) is 0 Å². The molecule has 0 aliphatic rings. The Morgan fingerprint density at radius 2 is 1.81 bits per heavy atom. The van der Waals surface area contributed by atoms with Gasteiger partial charge in [0.15, 0.2) is 18.2 Å². The summed E-state index contributed by atoms with van der Waals surface area (Å²) in [6, 6.07) is 16.5. The zero-order valence-electron chi connectivity index (χ0n) is 14.8. The van der Waals surface area contributed by atoms with E-state index < -0.39 is 0 Å². The number of ether oxygens (including phenoxy) is 1. The van der Waals surface area contributed by atoms with E-state index in [1.54, 1.807) is 36.4 Å². The minimum atomic E-state index is -0.0163. The van der Waals surface area contributed by atoms with Crippen molar-refractivity contribution in [1.82, 2.24) is 15.5 Å². The first-order chi connectivity index (χ1) is 12.7. The number of likely N-dealkylation sites (N-methyl/N-ethyl adjacent to an activating group) is 1. The first kappa shape index (κ1) is 17.8. The van der Waals surface area contributed by atoms with Gasteiger partial charge in [-0.2, -0.15) is 4.98 Å². The van der Waals surface area contributed by atoms with E-state index in [-0.39, 0.29) is 18.4 Å². The van der Waals surface area contributed by atoms with E-state index in [4.69, 9.17) is 9.26 Å². The number of hydrogen-bond donors (Lipinski definition) is 1. The Kier molecular flexibility index (Phi) is 5.76. The van der Waals surface area contributed by atoms with Crippen molar-refractivity contribution < 1.29 is 14.1 Å². The molecule has 26 heavy (non-hydrogen) atoms. The Balaban J connectivity index is 1.57. The Hall–Kier alpha value is -2.99. The molecular weight excluding hydrogens is 330 g/mol. The Morgan fingerprint density at radius 1 is 1.12 bits per heavy atom. The van der Waals surface area contributed by atoms with E-state index in [2.05, 4.69) is 15.5 Å². The molecule has 3 rings (SSSR count). The average molecular weight is 351 g/mol. The summed E-state index contributed by atoms with van der Waals surface area (Å²) in [5.74, 6) is 1.69. The van der Waals surface area contributed by atoms with Gasteiger partial charge in [-0.05, 0) is 38.2 Å². The van der Waals surface area contributed by atoms with Crippen LogP contribution in [0.5, 0.6) is 5.75 Å². The van der Waals surface area contributed by atoms with Crippen LogP contribution < -0.4 is 10.1 Å². The van der Waals surface area contributed by atoms with Gasteiger partial charge in [0.05, 0.1) is 0 Å². The number of carbonyl (C=O) groups is 1. The molecule has 3 aromatic rings. The van der Waals surface area contributed by atoms with E-state index in [0.29, 0.717) is 35.0 Å². The third kappa shape index (κ3) is 4.55. The molecule has 1 heterocycles. The van der Waals surface area contributed by atoms with Gasteiger partial charge in [0.25, 0.3) is 5.89 Å². The number of nitrogens with one attached hydrogen (secondary N) is 1. The zero-order chi connectivity index (χ0) is 18.4. The largest absolute Gasteiger partial charge is 0.484 e. The predicted molar refractivity (Wildman–Crippen MR) is 97.2 cm³/mol. The number of ketones is 1. The first-order valence-corrected chi connectivity index (χ1v) is 8.47. The highest BCUT2D eigenvalue weighted by molar-refractivity contribution is 6.08. The molecule has 6 nitrogen and oxygen atoms in total. The lowest BCUT2D eigenvalue weighted by molar-refractivity contribution is 0.103. The summed E-state index contributed by atoms with van der Waals surface area (Å²) in [6.07, 6.45) is 0.691. The van der Waals surface area contributed by atoms with Crippen LogP contribution in [0.3, 0.4) is 0 Å². The highest BCUT2D eigenvalue weighted by Gasteiger charge is 2.11. The molecule has 1 unspecified atom stereocenters. The summed E-state index contributed by atoms with van der Waals surface area (Å²) in [4.78, 5) is 16.7. The van der Waals surface area contributed by atoms with Crippen molar-refractivity contribution >= 4 is 5.78 Å². The van der Waals surface area contributed by atoms with Crippen molar-refractivity contribution in [2.24, 2.45) is 0 Å². The van der Waals surface area contributed by atoms with Gasteiger partial charge in [-0.25, -0.2) is 0 Å². The van der Waals surface area contributed by atoms with Crippen LogP contribution in [0, 0.1) is 0 Å². The van der Waals surface area contributed by atoms with Crippen LogP contribution in [0.1, 0.15) is 34.6 Å². The molecule has 0 aliphatic carbocycles. The number of rotatable bonds is 8. The van der Waals surface area contributed by atoms with E-state index in [0.717, 1.165) is 0 Å². The molecule has 0 bridgehead atoms. The molecule has 1 N–H and O–H groups in total. The highest BCUT2D eigenvalue weighted by atomic mass is 16.5. The maximum atomic E-state index is 12.4. The third-order valence-electron chi connectivity index (χ3n) is 4.01. The zero-order valence-corrected chi connectivity index (χ0v) is 14.8. The van der Waals surface area contributed by atoms with Crippen molar-refractivity contribution in [1.29, 1.82) is 0 Å². The summed E-state index contributed by atoms with van der Waals surface area (Å²) >= 11 is 0. The molecule has 6 heteroatoms. The normalized spacial score (nSPS) is 11.9. The van der Waals surface area contributed by atoms with Crippen LogP contribution in [0.15, 0.2) is 59.1 Å². The van der Waals surface area contributed by atoms with E-state index >= 15 is 0 Å². The molecule has 2 aromatic carbocycles. The van der Waals surface area contributed by atoms with Gasteiger partial charge in [-0.1, -0.05) is 35.5 Å². The van der Waals surface area contributed by atoms with Crippen molar-refractivity contribution in [2.75, 3.05) is 7.05 Å². The summed E-state index contributed by atoms with van der Waals surface area (Å²) in [5.41, 5.74) is 1.28. The lowest BCUT2D eigenvalue weighted by Gasteiger charge is -2.05. The number of aromatic nitrogens is 2. The monoisotopic (exact) mass is 351 g/mol. The molecule has 1 aromatic heterocycles. The number of carbonyl (C=O) groups excluding carboxylic acids is 1. The summed E-state index contributed by atoms with van der Waals surface area (Å²) in [7, 11) is 1.89. The summed E-state index contributed by atoms with van der Waals surface area (Å²) < 4.78 is 10.8. The molecular formula is C20H21N3O3. The van der Waals surface area contributed by atoms with Gasteiger partial charge in [0.2, 0.25) is 0 Å². The lowest BCUT2D eigenvalue weighted by atomic mass is 10.0.